The third kappa shape index (κ3) is 2.98. The Morgan fingerprint density at radius 1 is 1.27 bits per heavy atom. The van der Waals surface area contributed by atoms with Crippen LogP contribution in [0.15, 0.2) is 53.9 Å². The maximum absolute atomic E-state index is 11.9. The van der Waals surface area contributed by atoms with E-state index in [1.165, 1.54) is 6.20 Å². The van der Waals surface area contributed by atoms with Crippen molar-refractivity contribution in [1.82, 2.24) is 25.4 Å². The van der Waals surface area contributed by atoms with Crippen molar-refractivity contribution in [2.24, 2.45) is 5.10 Å². The molecule has 0 unspecified atom stereocenters. The zero-order chi connectivity index (χ0) is 15.4. The van der Waals surface area contributed by atoms with Crippen molar-refractivity contribution in [3.8, 4) is 0 Å². The van der Waals surface area contributed by atoms with Crippen molar-refractivity contribution in [3.05, 3.63) is 54.4 Å². The van der Waals surface area contributed by atoms with Gasteiger partial charge in [-0.15, -0.1) is 5.10 Å². The van der Waals surface area contributed by atoms with Crippen LogP contribution in [0.5, 0.6) is 0 Å². The van der Waals surface area contributed by atoms with Gasteiger partial charge < -0.3 is 0 Å². The predicted octanol–water partition coefficient (Wildman–Crippen LogP) is 1.63. The summed E-state index contributed by atoms with van der Waals surface area (Å²) in [7, 11) is 0. The van der Waals surface area contributed by atoms with E-state index < -0.39 is 0 Å². The SMILES string of the molecule is C/C(Cn1nnc2ccccc21)=N/NC(=O)c1cccnc1. The highest BCUT2D eigenvalue weighted by Crippen LogP contribution is 2.09. The largest absolute Gasteiger partial charge is 0.272 e. The van der Waals surface area contributed by atoms with Gasteiger partial charge in [-0.3, -0.25) is 9.78 Å². The van der Waals surface area contributed by atoms with Crippen LogP contribution in [0.2, 0.25) is 0 Å². The van der Waals surface area contributed by atoms with Crippen LogP contribution >= 0.6 is 0 Å². The molecule has 0 saturated heterocycles. The van der Waals surface area contributed by atoms with E-state index in [2.05, 4.69) is 25.8 Å². The molecule has 0 fully saturated rings. The smallest absolute Gasteiger partial charge is 0.267 e. The molecule has 3 aromatic rings. The van der Waals surface area contributed by atoms with Crippen molar-refractivity contribution >= 4 is 22.7 Å². The number of nitrogens with one attached hydrogen (secondary N) is 1. The van der Waals surface area contributed by atoms with Gasteiger partial charge in [-0.05, 0) is 31.2 Å². The molecule has 1 amide bonds. The molecule has 7 heteroatoms. The van der Waals surface area contributed by atoms with Gasteiger partial charge in [-0.1, -0.05) is 17.3 Å². The Hall–Kier alpha value is -3.09. The van der Waals surface area contributed by atoms with Crippen molar-refractivity contribution < 1.29 is 4.79 Å². The Morgan fingerprint density at radius 2 is 2.14 bits per heavy atom. The number of para-hydroxylation sites is 1. The molecule has 1 aromatic carbocycles. The van der Waals surface area contributed by atoms with Gasteiger partial charge in [0.2, 0.25) is 0 Å². The summed E-state index contributed by atoms with van der Waals surface area (Å²) in [5, 5.41) is 12.2. The number of hydrogen-bond acceptors (Lipinski definition) is 5. The first-order valence-electron chi connectivity index (χ1n) is 6.76. The summed E-state index contributed by atoms with van der Waals surface area (Å²) in [6, 6.07) is 11.1. The summed E-state index contributed by atoms with van der Waals surface area (Å²) in [5.74, 6) is -0.295. The van der Waals surface area contributed by atoms with E-state index in [0.29, 0.717) is 17.8 Å². The zero-order valence-corrected chi connectivity index (χ0v) is 12.0. The maximum Gasteiger partial charge on any atom is 0.272 e. The first kappa shape index (κ1) is 13.9. The average molecular weight is 294 g/mol. The normalized spacial score (nSPS) is 11.6. The molecule has 3 rings (SSSR count). The molecule has 0 bridgehead atoms. The summed E-state index contributed by atoms with van der Waals surface area (Å²) in [6.07, 6.45) is 3.10. The first-order valence-corrected chi connectivity index (χ1v) is 6.76. The fourth-order valence-electron chi connectivity index (χ4n) is 1.99. The summed E-state index contributed by atoms with van der Waals surface area (Å²) < 4.78 is 1.74. The van der Waals surface area contributed by atoms with Crippen molar-refractivity contribution in [2.45, 2.75) is 13.5 Å². The lowest BCUT2D eigenvalue weighted by Crippen LogP contribution is -2.20. The Morgan fingerprint density at radius 3 is 2.95 bits per heavy atom. The molecule has 0 aliphatic heterocycles. The number of rotatable bonds is 4. The summed E-state index contributed by atoms with van der Waals surface area (Å²) in [5.41, 5.74) is 5.44. The molecular weight excluding hydrogens is 280 g/mol. The van der Waals surface area contributed by atoms with E-state index in [1.54, 1.807) is 23.0 Å². The van der Waals surface area contributed by atoms with Crippen molar-refractivity contribution in [1.29, 1.82) is 0 Å². The topological polar surface area (TPSA) is 85.1 Å². The molecule has 1 N–H and O–H groups in total. The van der Waals surface area contributed by atoms with Gasteiger partial charge in [-0.25, -0.2) is 10.1 Å². The van der Waals surface area contributed by atoms with E-state index in [0.717, 1.165) is 11.0 Å². The van der Waals surface area contributed by atoms with Gasteiger partial charge in [0.1, 0.15) is 5.52 Å². The molecule has 0 aliphatic rings. The van der Waals surface area contributed by atoms with Gasteiger partial charge in [0.25, 0.3) is 5.91 Å². The second-order valence-electron chi connectivity index (χ2n) is 4.77. The highest BCUT2D eigenvalue weighted by atomic mass is 16.2. The van der Waals surface area contributed by atoms with E-state index in [4.69, 9.17) is 0 Å². The number of carbonyl (C=O) groups is 1. The molecule has 0 saturated carbocycles. The van der Waals surface area contributed by atoms with Crippen LogP contribution in [-0.4, -0.2) is 31.6 Å². The second-order valence-corrected chi connectivity index (χ2v) is 4.77. The van der Waals surface area contributed by atoms with Crippen LogP contribution in [0.3, 0.4) is 0 Å². The lowest BCUT2D eigenvalue weighted by molar-refractivity contribution is 0.0954. The van der Waals surface area contributed by atoms with Crippen LogP contribution in [-0.2, 0) is 6.54 Å². The maximum atomic E-state index is 11.9. The first-order chi connectivity index (χ1) is 10.7. The second kappa shape index (κ2) is 6.13. The predicted molar refractivity (Wildman–Crippen MR) is 82.3 cm³/mol. The van der Waals surface area contributed by atoms with E-state index >= 15 is 0 Å². The number of amides is 1. The number of carbonyl (C=O) groups excluding carboxylic acids is 1. The summed E-state index contributed by atoms with van der Waals surface area (Å²) in [4.78, 5) is 15.8. The highest BCUT2D eigenvalue weighted by Gasteiger charge is 2.06. The van der Waals surface area contributed by atoms with Crippen molar-refractivity contribution in [3.63, 3.8) is 0 Å². The Balaban J connectivity index is 1.69. The minimum absolute atomic E-state index is 0.295. The molecule has 0 spiro atoms. The van der Waals surface area contributed by atoms with Gasteiger partial charge >= 0.3 is 0 Å². The number of benzene rings is 1. The van der Waals surface area contributed by atoms with Gasteiger partial charge in [0.15, 0.2) is 0 Å². The molecule has 2 aromatic heterocycles. The Bertz CT molecular complexity index is 824. The van der Waals surface area contributed by atoms with Crippen LogP contribution < -0.4 is 5.43 Å². The van der Waals surface area contributed by atoms with Crippen LogP contribution in [0.25, 0.3) is 11.0 Å². The molecule has 7 nitrogen and oxygen atoms in total. The van der Waals surface area contributed by atoms with Crippen LogP contribution in [0.4, 0.5) is 0 Å². The quantitative estimate of drug-likeness (QED) is 0.585. The number of hydrazone groups is 1. The minimum atomic E-state index is -0.295. The fraction of sp³-hybridized carbons (Fsp3) is 0.133. The highest BCUT2D eigenvalue weighted by molar-refractivity contribution is 5.95. The minimum Gasteiger partial charge on any atom is -0.267 e. The molecule has 110 valence electrons. The number of pyridine rings is 1. The molecule has 22 heavy (non-hydrogen) atoms. The zero-order valence-electron chi connectivity index (χ0n) is 12.0. The Kier molecular flexibility index (Phi) is 3.86. The van der Waals surface area contributed by atoms with Crippen molar-refractivity contribution in [2.75, 3.05) is 0 Å². The number of nitrogens with zero attached hydrogens (tertiary/aromatic N) is 5. The summed E-state index contributed by atoms with van der Waals surface area (Å²) >= 11 is 0. The number of fused-ring (bicyclic) bond motifs is 1. The molecule has 2 heterocycles. The molecular formula is C15H14N6O. The standard InChI is InChI=1S/C15H14N6O/c1-11(17-19-15(22)12-5-4-8-16-9-12)10-21-14-7-3-2-6-13(14)18-20-21/h2-9H,10H2,1H3,(H,19,22)/b17-11-. The van der Waals surface area contributed by atoms with Gasteiger partial charge in [0, 0.05) is 12.4 Å². The number of aromatic nitrogens is 4. The fourth-order valence-corrected chi connectivity index (χ4v) is 1.99. The molecule has 0 aliphatic carbocycles. The van der Waals surface area contributed by atoms with E-state index in [9.17, 15) is 4.79 Å². The third-order valence-electron chi connectivity index (χ3n) is 3.07. The molecule has 0 radical (unpaired) electrons. The summed E-state index contributed by atoms with van der Waals surface area (Å²) in [6.45, 7) is 2.27. The van der Waals surface area contributed by atoms with Gasteiger partial charge in [0.05, 0.1) is 23.3 Å². The monoisotopic (exact) mass is 294 g/mol. The lowest BCUT2D eigenvalue weighted by Gasteiger charge is -2.03. The van der Waals surface area contributed by atoms with Crippen LogP contribution in [0.1, 0.15) is 17.3 Å². The Labute approximate surface area is 126 Å². The lowest BCUT2D eigenvalue weighted by atomic mass is 10.3. The third-order valence-corrected chi connectivity index (χ3v) is 3.07. The average Bonchev–Trinajstić information content (AvgIpc) is 2.97. The van der Waals surface area contributed by atoms with E-state index in [-0.39, 0.29) is 5.91 Å². The number of hydrogen-bond donors (Lipinski definition) is 1. The van der Waals surface area contributed by atoms with Gasteiger partial charge in [-0.2, -0.15) is 5.10 Å². The molecule has 0 atom stereocenters. The van der Waals surface area contributed by atoms with Crippen LogP contribution in [0, 0.1) is 0 Å². The van der Waals surface area contributed by atoms with E-state index in [1.807, 2.05) is 31.2 Å².